The first kappa shape index (κ1) is 12.9. The normalized spacial score (nSPS) is 27.4. The molecule has 4 rings (SSSR count). The summed E-state index contributed by atoms with van der Waals surface area (Å²) < 4.78 is 5.68. The SMILES string of the molecule is Cc1ccc(-c2c(N)noc2C2CC3CCC2C3)cc1C. The van der Waals surface area contributed by atoms with Crippen molar-refractivity contribution in [3.8, 4) is 11.1 Å². The minimum absolute atomic E-state index is 0.519. The first-order valence-electron chi connectivity index (χ1n) is 7.96. The number of aryl methyl sites for hydroxylation is 2. The third kappa shape index (κ3) is 1.98. The van der Waals surface area contributed by atoms with E-state index in [1.54, 1.807) is 0 Å². The molecule has 2 aromatic rings. The van der Waals surface area contributed by atoms with Gasteiger partial charge in [0.15, 0.2) is 5.82 Å². The van der Waals surface area contributed by atoms with Gasteiger partial charge >= 0.3 is 0 Å². The minimum atomic E-state index is 0.519. The summed E-state index contributed by atoms with van der Waals surface area (Å²) in [6.45, 7) is 4.27. The Balaban J connectivity index is 1.78. The number of fused-ring (bicyclic) bond motifs is 2. The van der Waals surface area contributed by atoms with E-state index in [2.05, 4.69) is 37.2 Å². The summed E-state index contributed by atoms with van der Waals surface area (Å²) in [6, 6.07) is 6.50. The molecule has 2 bridgehead atoms. The Hall–Kier alpha value is -1.77. The van der Waals surface area contributed by atoms with Crippen molar-refractivity contribution >= 4 is 5.82 Å². The minimum Gasteiger partial charge on any atom is -0.380 e. The predicted octanol–water partition coefficient (Wildman–Crippen LogP) is 4.44. The van der Waals surface area contributed by atoms with Crippen LogP contribution in [0.15, 0.2) is 22.7 Å². The number of anilines is 1. The van der Waals surface area contributed by atoms with E-state index in [1.165, 1.54) is 36.8 Å². The molecule has 2 N–H and O–H groups in total. The standard InChI is InChI=1S/C18H22N2O/c1-10-3-5-14(7-11(10)2)16-17(21-20-18(16)19)15-9-12-4-6-13(15)8-12/h3,5,7,12-13,15H,4,6,8-9H2,1-2H3,(H2,19,20). The average Bonchev–Trinajstić information content (AvgIpc) is 3.16. The summed E-state index contributed by atoms with van der Waals surface area (Å²) in [5.41, 5.74) is 10.9. The van der Waals surface area contributed by atoms with E-state index in [4.69, 9.17) is 10.3 Å². The van der Waals surface area contributed by atoms with Crippen LogP contribution in [0.2, 0.25) is 0 Å². The van der Waals surface area contributed by atoms with Crippen LogP contribution in [0.1, 0.15) is 48.5 Å². The number of aromatic nitrogens is 1. The van der Waals surface area contributed by atoms with Crippen molar-refractivity contribution < 1.29 is 4.52 Å². The summed E-state index contributed by atoms with van der Waals surface area (Å²) in [6.07, 6.45) is 5.33. The lowest BCUT2D eigenvalue weighted by molar-refractivity contribution is 0.312. The van der Waals surface area contributed by atoms with Crippen molar-refractivity contribution in [1.29, 1.82) is 0 Å². The lowest BCUT2D eigenvalue weighted by Crippen LogP contribution is -2.08. The van der Waals surface area contributed by atoms with Crippen LogP contribution in [0, 0.1) is 25.7 Å². The first-order chi connectivity index (χ1) is 10.1. The Morgan fingerprint density at radius 3 is 2.67 bits per heavy atom. The van der Waals surface area contributed by atoms with Crippen LogP contribution in [0.25, 0.3) is 11.1 Å². The fraction of sp³-hybridized carbons (Fsp3) is 0.500. The second-order valence-electron chi connectivity index (χ2n) is 6.89. The van der Waals surface area contributed by atoms with Gasteiger partial charge in [0.1, 0.15) is 5.76 Å². The molecule has 0 aliphatic heterocycles. The van der Waals surface area contributed by atoms with Gasteiger partial charge in [0.2, 0.25) is 0 Å². The van der Waals surface area contributed by atoms with E-state index >= 15 is 0 Å². The lowest BCUT2D eigenvalue weighted by atomic mass is 9.84. The molecule has 2 aliphatic rings. The van der Waals surface area contributed by atoms with E-state index < -0.39 is 0 Å². The quantitative estimate of drug-likeness (QED) is 0.885. The molecule has 0 saturated heterocycles. The van der Waals surface area contributed by atoms with Crippen molar-refractivity contribution in [3.05, 3.63) is 35.1 Å². The number of nitrogen functional groups attached to an aromatic ring is 1. The second kappa shape index (κ2) is 4.62. The number of benzene rings is 1. The van der Waals surface area contributed by atoms with Crippen molar-refractivity contribution in [2.24, 2.45) is 11.8 Å². The summed E-state index contributed by atoms with van der Waals surface area (Å²) in [5.74, 6) is 3.75. The van der Waals surface area contributed by atoms with E-state index in [1.807, 2.05) is 0 Å². The third-order valence-corrected chi connectivity index (χ3v) is 5.62. The van der Waals surface area contributed by atoms with Gasteiger partial charge in [-0.3, -0.25) is 0 Å². The Kier molecular flexibility index (Phi) is 2.84. The van der Waals surface area contributed by atoms with Gasteiger partial charge < -0.3 is 10.3 Å². The maximum Gasteiger partial charge on any atom is 0.175 e. The van der Waals surface area contributed by atoms with Crippen molar-refractivity contribution in [2.75, 3.05) is 5.73 Å². The van der Waals surface area contributed by atoms with Crippen LogP contribution in [-0.4, -0.2) is 5.16 Å². The van der Waals surface area contributed by atoms with E-state index in [0.29, 0.717) is 11.7 Å². The predicted molar refractivity (Wildman–Crippen MR) is 84.0 cm³/mol. The van der Waals surface area contributed by atoms with Crippen molar-refractivity contribution in [3.63, 3.8) is 0 Å². The number of hydrogen-bond acceptors (Lipinski definition) is 3. The van der Waals surface area contributed by atoms with Crippen LogP contribution < -0.4 is 5.73 Å². The van der Waals surface area contributed by atoms with Crippen molar-refractivity contribution in [2.45, 2.75) is 45.4 Å². The highest BCUT2D eigenvalue weighted by Gasteiger charge is 2.43. The topological polar surface area (TPSA) is 52.0 Å². The molecule has 110 valence electrons. The van der Waals surface area contributed by atoms with E-state index in [-0.39, 0.29) is 0 Å². The molecule has 0 spiro atoms. The first-order valence-corrected chi connectivity index (χ1v) is 7.96. The Bertz CT molecular complexity index is 689. The number of rotatable bonds is 2. The molecular weight excluding hydrogens is 260 g/mol. The Morgan fingerprint density at radius 1 is 1.14 bits per heavy atom. The summed E-state index contributed by atoms with van der Waals surface area (Å²) in [7, 11) is 0. The molecule has 1 heterocycles. The van der Waals surface area contributed by atoms with Gasteiger partial charge in [0, 0.05) is 5.92 Å². The zero-order valence-electron chi connectivity index (χ0n) is 12.7. The van der Waals surface area contributed by atoms with Crippen LogP contribution in [-0.2, 0) is 0 Å². The van der Waals surface area contributed by atoms with Gasteiger partial charge in [-0.25, -0.2) is 0 Å². The van der Waals surface area contributed by atoms with E-state index in [0.717, 1.165) is 28.7 Å². The fourth-order valence-electron chi connectivity index (χ4n) is 4.32. The number of hydrogen-bond donors (Lipinski definition) is 1. The molecule has 2 aliphatic carbocycles. The lowest BCUT2D eigenvalue weighted by Gasteiger charge is -2.20. The fourth-order valence-corrected chi connectivity index (χ4v) is 4.32. The van der Waals surface area contributed by atoms with Crippen molar-refractivity contribution in [1.82, 2.24) is 5.16 Å². The summed E-state index contributed by atoms with van der Waals surface area (Å²) in [5, 5.41) is 4.08. The zero-order chi connectivity index (χ0) is 14.6. The highest BCUT2D eigenvalue weighted by atomic mass is 16.5. The van der Waals surface area contributed by atoms with Gasteiger partial charge in [-0.2, -0.15) is 0 Å². The average molecular weight is 282 g/mol. The molecule has 0 amide bonds. The largest absolute Gasteiger partial charge is 0.380 e. The molecule has 3 unspecified atom stereocenters. The highest BCUT2D eigenvalue weighted by molar-refractivity contribution is 5.76. The zero-order valence-corrected chi connectivity index (χ0v) is 12.7. The molecule has 21 heavy (non-hydrogen) atoms. The Labute approximate surface area is 125 Å². The third-order valence-electron chi connectivity index (χ3n) is 5.62. The molecule has 2 saturated carbocycles. The number of nitrogens with two attached hydrogens (primary N) is 1. The molecule has 3 atom stereocenters. The molecule has 1 aromatic carbocycles. The molecule has 2 fully saturated rings. The maximum atomic E-state index is 6.12. The Morgan fingerprint density at radius 2 is 2.00 bits per heavy atom. The molecule has 1 aromatic heterocycles. The summed E-state index contributed by atoms with van der Waals surface area (Å²) >= 11 is 0. The van der Waals surface area contributed by atoms with E-state index in [9.17, 15) is 0 Å². The van der Waals surface area contributed by atoms with Crippen LogP contribution in [0.3, 0.4) is 0 Å². The van der Waals surface area contributed by atoms with Gasteiger partial charge in [-0.05, 0) is 61.6 Å². The number of nitrogens with zero attached hydrogens (tertiary/aromatic N) is 1. The van der Waals surface area contributed by atoms with Crippen LogP contribution >= 0.6 is 0 Å². The molecule has 0 radical (unpaired) electrons. The maximum absolute atomic E-state index is 6.12. The monoisotopic (exact) mass is 282 g/mol. The van der Waals surface area contributed by atoms with Crippen LogP contribution in [0.5, 0.6) is 0 Å². The second-order valence-corrected chi connectivity index (χ2v) is 6.89. The summed E-state index contributed by atoms with van der Waals surface area (Å²) in [4.78, 5) is 0. The molecule has 3 nitrogen and oxygen atoms in total. The highest BCUT2D eigenvalue weighted by Crippen LogP contribution is 2.54. The van der Waals surface area contributed by atoms with Gasteiger partial charge in [-0.15, -0.1) is 0 Å². The van der Waals surface area contributed by atoms with Gasteiger partial charge in [-0.1, -0.05) is 29.8 Å². The molecular formula is C18H22N2O. The van der Waals surface area contributed by atoms with Gasteiger partial charge in [0.05, 0.1) is 5.56 Å². The molecule has 3 heteroatoms. The van der Waals surface area contributed by atoms with Crippen LogP contribution in [0.4, 0.5) is 5.82 Å². The van der Waals surface area contributed by atoms with Gasteiger partial charge in [0.25, 0.3) is 0 Å². The smallest absolute Gasteiger partial charge is 0.175 e.